The zero-order valence-electron chi connectivity index (χ0n) is 16.9. The summed E-state index contributed by atoms with van der Waals surface area (Å²) in [5.41, 5.74) is 3.93. The Hall–Kier alpha value is -3.39. The van der Waals surface area contributed by atoms with Gasteiger partial charge in [0.05, 0.1) is 0 Å². The van der Waals surface area contributed by atoms with Gasteiger partial charge in [-0.1, -0.05) is 35.5 Å². The van der Waals surface area contributed by atoms with E-state index in [9.17, 15) is 9.59 Å². The van der Waals surface area contributed by atoms with Crippen molar-refractivity contribution in [1.29, 1.82) is 0 Å². The second-order valence-electron chi connectivity index (χ2n) is 7.22. The second kappa shape index (κ2) is 8.16. The van der Waals surface area contributed by atoms with Crippen LogP contribution < -0.4 is 11.0 Å². The van der Waals surface area contributed by atoms with Crippen LogP contribution in [0.5, 0.6) is 0 Å². The van der Waals surface area contributed by atoms with Crippen LogP contribution in [0.1, 0.15) is 16.7 Å². The molecule has 4 rings (SSSR count). The van der Waals surface area contributed by atoms with Gasteiger partial charge in [-0.15, -0.1) is 5.10 Å². The van der Waals surface area contributed by atoms with Crippen molar-refractivity contribution in [2.24, 2.45) is 0 Å². The number of aryl methyl sites for hydroxylation is 3. The maximum Gasteiger partial charge on any atom is 0.367 e. The average Bonchev–Trinajstić information content (AvgIpc) is 2.98. The third-order valence-electron chi connectivity index (χ3n) is 4.46. The van der Waals surface area contributed by atoms with Gasteiger partial charge in [0, 0.05) is 10.6 Å². The van der Waals surface area contributed by atoms with Gasteiger partial charge in [-0.05, 0) is 68.3 Å². The number of amides is 1. The van der Waals surface area contributed by atoms with Crippen molar-refractivity contribution in [3.63, 3.8) is 0 Å². The first-order chi connectivity index (χ1) is 14.4. The van der Waals surface area contributed by atoms with Crippen molar-refractivity contribution in [2.45, 2.75) is 37.2 Å². The van der Waals surface area contributed by atoms with E-state index in [0.717, 1.165) is 20.7 Å². The molecule has 4 aromatic rings. The number of nitrogens with zero attached hydrogens (tertiary/aromatic N) is 4. The molecule has 0 spiro atoms. The molecule has 1 amide bonds. The Bertz CT molecular complexity index is 1270. The minimum absolute atomic E-state index is 0.185. The Kier molecular flexibility index (Phi) is 5.41. The van der Waals surface area contributed by atoms with Gasteiger partial charge < -0.3 is 5.32 Å². The topological polar surface area (TPSA) is 81.3 Å². The fraction of sp³-hybridized carbons (Fsp3) is 0.182. The van der Waals surface area contributed by atoms with Gasteiger partial charge in [0.1, 0.15) is 11.6 Å². The summed E-state index contributed by atoms with van der Waals surface area (Å²) in [6.45, 7) is 5.78. The molecule has 0 saturated carbocycles. The van der Waals surface area contributed by atoms with Crippen LogP contribution in [0.15, 0.2) is 69.3 Å². The van der Waals surface area contributed by atoms with Gasteiger partial charge in [0.25, 0.3) is 0 Å². The Morgan fingerprint density at radius 2 is 1.63 bits per heavy atom. The van der Waals surface area contributed by atoms with E-state index in [1.807, 2.05) is 69.3 Å². The third-order valence-corrected chi connectivity index (χ3v) is 5.39. The number of carbonyl (C=O) groups is 1. The van der Waals surface area contributed by atoms with Crippen molar-refractivity contribution in [3.8, 4) is 0 Å². The maximum absolute atomic E-state index is 12.7. The van der Waals surface area contributed by atoms with Gasteiger partial charge in [-0.25, -0.2) is 9.48 Å². The fourth-order valence-electron chi connectivity index (χ4n) is 3.16. The third kappa shape index (κ3) is 4.44. The molecule has 0 bridgehead atoms. The van der Waals surface area contributed by atoms with E-state index in [-0.39, 0.29) is 12.5 Å². The molecule has 2 aromatic carbocycles. The smallest absolute Gasteiger partial charge is 0.324 e. The molecule has 30 heavy (non-hydrogen) atoms. The highest BCUT2D eigenvalue weighted by molar-refractivity contribution is 7.99. The molecule has 0 aliphatic rings. The highest BCUT2D eigenvalue weighted by Crippen LogP contribution is 2.25. The Morgan fingerprint density at radius 3 is 2.33 bits per heavy atom. The van der Waals surface area contributed by atoms with Crippen molar-refractivity contribution in [2.75, 3.05) is 5.32 Å². The van der Waals surface area contributed by atoms with Crippen molar-refractivity contribution in [3.05, 3.63) is 81.8 Å². The number of anilines is 1. The summed E-state index contributed by atoms with van der Waals surface area (Å²) in [4.78, 5) is 26.1. The summed E-state index contributed by atoms with van der Waals surface area (Å²) < 4.78 is 2.35. The number of hydrogen-bond donors (Lipinski definition) is 1. The summed E-state index contributed by atoms with van der Waals surface area (Å²) in [6.07, 6.45) is 0. The summed E-state index contributed by atoms with van der Waals surface area (Å²) >= 11 is 1.46. The molecule has 7 nitrogen and oxygen atoms in total. The lowest BCUT2D eigenvalue weighted by Crippen LogP contribution is -2.28. The molecule has 0 aliphatic heterocycles. The van der Waals surface area contributed by atoms with Crippen molar-refractivity contribution >= 4 is 29.0 Å². The highest BCUT2D eigenvalue weighted by atomic mass is 32.2. The molecular weight excluding hydrogens is 398 g/mol. The standard InChI is InChI=1S/C22H21N5O2S/c1-14-4-6-18(7-5-14)30-21-9-8-19-24-26(22(29)27(19)25-21)13-20(28)23-17-11-15(2)10-16(3)12-17/h4-12H,13H2,1-3H3,(H,23,28). The van der Waals surface area contributed by atoms with E-state index >= 15 is 0 Å². The van der Waals surface area contributed by atoms with Crippen LogP contribution in [-0.2, 0) is 11.3 Å². The van der Waals surface area contributed by atoms with Crippen molar-refractivity contribution < 1.29 is 4.79 Å². The fourth-order valence-corrected chi connectivity index (χ4v) is 3.93. The first-order valence-corrected chi connectivity index (χ1v) is 10.3. The van der Waals surface area contributed by atoms with Crippen LogP contribution in [-0.4, -0.2) is 25.3 Å². The Balaban J connectivity index is 1.53. The van der Waals surface area contributed by atoms with E-state index in [1.54, 1.807) is 6.07 Å². The van der Waals surface area contributed by atoms with Crippen LogP contribution in [0.2, 0.25) is 0 Å². The summed E-state index contributed by atoms with van der Waals surface area (Å²) in [6, 6.07) is 17.4. The highest BCUT2D eigenvalue weighted by Gasteiger charge is 2.13. The number of aromatic nitrogens is 4. The second-order valence-corrected chi connectivity index (χ2v) is 8.32. The number of carbonyl (C=O) groups excluding carboxylic acids is 1. The van der Waals surface area contributed by atoms with E-state index in [2.05, 4.69) is 15.5 Å². The van der Waals surface area contributed by atoms with Gasteiger partial charge in [-0.3, -0.25) is 4.79 Å². The molecule has 2 heterocycles. The first kappa shape index (κ1) is 19.9. The lowest BCUT2D eigenvalue weighted by molar-refractivity contribution is -0.117. The van der Waals surface area contributed by atoms with Crippen LogP contribution >= 0.6 is 11.8 Å². The van der Waals surface area contributed by atoms with Crippen LogP contribution in [0.25, 0.3) is 5.65 Å². The number of rotatable bonds is 5. The lowest BCUT2D eigenvalue weighted by atomic mass is 10.1. The number of benzene rings is 2. The molecule has 0 unspecified atom stereocenters. The molecule has 0 aliphatic carbocycles. The molecule has 0 fully saturated rings. The van der Waals surface area contributed by atoms with Crippen molar-refractivity contribution in [1.82, 2.24) is 19.4 Å². The Morgan fingerprint density at radius 1 is 0.933 bits per heavy atom. The molecule has 152 valence electrons. The minimum Gasteiger partial charge on any atom is -0.324 e. The molecule has 0 saturated heterocycles. The molecule has 0 radical (unpaired) electrons. The monoisotopic (exact) mass is 419 g/mol. The summed E-state index contributed by atoms with van der Waals surface area (Å²) in [7, 11) is 0. The summed E-state index contributed by atoms with van der Waals surface area (Å²) in [5, 5.41) is 12.1. The van der Waals surface area contributed by atoms with E-state index in [0.29, 0.717) is 16.4 Å². The van der Waals surface area contributed by atoms with Crippen LogP contribution in [0, 0.1) is 20.8 Å². The zero-order chi connectivity index (χ0) is 21.3. The molecule has 2 aromatic heterocycles. The zero-order valence-corrected chi connectivity index (χ0v) is 17.7. The molecule has 0 atom stereocenters. The van der Waals surface area contributed by atoms with Gasteiger partial charge in [0.2, 0.25) is 5.91 Å². The normalized spacial score (nSPS) is 11.0. The first-order valence-electron chi connectivity index (χ1n) is 9.47. The van der Waals surface area contributed by atoms with Gasteiger partial charge in [0.15, 0.2) is 5.65 Å². The van der Waals surface area contributed by atoms with E-state index < -0.39 is 5.69 Å². The maximum atomic E-state index is 12.7. The number of fused-ring (bicyclic) bond motifs is 1. The quantitative estimate of drug-likeness (QED) is 0.534. The predicted molar refractivity (Wildman–Crippen MR) is 117 cm³/mol. The average molecular weight is 420 g/mol. The largest absolute Gasteiger partial charge is 0.367 e. The predicted octanol–water partition coefficient (Wildman–Crippen LogP) is 3.61. The molecule has 1 N–H and O–H groups in total. The molecular formula is C22H21N5O2S. The Labute approximate surface area is 177 Å². The van der Waals surface area contributed by atoms with E-state index in [1.165, 1.54) is 21.8 Å². The molecule has 8 heteroatoms. The van der Waals surface area contributed by atoms with Crippen LogP contribution in [0.3, 0.4) is 0 Å². The van der Waals surface area contributed by atoms with Gasteiger partial charge in [-0.2, -0.15) is 9.61 Å². The van der Waals surface area contributed by atoms with E-state index in [4.69, 9.17) is 0 Å². The SMILES string of the molecule is Cc1ccc(Sc2ccc3nn(CC(=O)Nc4cc(C)cc(C)c4)c(=O)n3n2)cc1. The number of nitrogens with one attached hydrogen (secondary N) is 1. The van der Waals surface area contributed by atoms with Crippen LogP contribution in [0.4, 0.5) is 5.69 Å². The summed E-state index contributed by atoms with van der Waals surface area (Å²) in [5.74, 6) is -0.320. The minimum atomic E-state index is -0.452. The lowest BCUT2D eigenvalue weighted by Gasteiger charge is -2.07. The van der Waals surface area contributed by atoms with Gasteiger partial charge >= 0.3 is 5.69 Å². The number of hydrogen-bond acceptors (Lipinski definition) is 5.